The first kappa shape index (κ1) is 33.8. The van der Waals surface area contributed by atoms with E-state index in [9.17, 15) is 26.3 Å². The Morgan fingerprint density at radius 1 is 0.453 bits per heavy atom. The van der Waals surface area contributed by atoms with Crippen molar-refractivity contribution in [2.45, 2.75) is 26.2 Å². The third kappa shape index (κ3) is 6.30. The zero-order valence-corrected chi connectivity index (χ0v) is 28.3. The second kappa shape index (κ2) is 12.7. The van der Waals surface area contributed by atoms with Crippen LogP contribution in [0.25, 0.3) is 72.8 Å². The molecule has 0 N–H and O–H groups in total. The third-order valence-electron chi connectivity index (χ3n) is 9.21. The molecule has 0 amide bonds. The fraction of sp³-hybridized carbons (Fsp3) is 0.0930. The van der Waals surface area contributed by atoms with E-state index in [1.165, 1.54) is 6.07 Å². The van der Waals surface area contributed by atoms with Gasteiger partial charge in [0.1, 0.15) is 0 Å². The van der Waals surface area contributed by atoms with Crippen molar-refractivity contribution in [3.05, 3.63) is 156 Å². The fourth-order valence-electron chi connectivity index (χ4n) is 6.72. The Morgan fingerprint density at radius 3 is 1.43 bits per heavy atom. The number of rotatable bonds is 5. The summed E-state index contributed by atoms with van der Waals surface area (Å²) in [5, 5.41) is 1.75. The molecule has 0 aliphatic rings. The summed E-state index contributed by atoms with van der Waals surface area (Å²) in [5.74, 6) is 1.05. The molecule has 10 heteroatoms. The largest absolute Gasteiger partial charge is 0.417 e. The van der Waals surface area contributed by atoms with Gasteiger partial charge in [0.2, 0.25) is 0 Å². The SMILES string of the molecule is Cc1ccc2c(c1)c1cc(C)ccc1n2-c1cc(-c2nc(-c3ccccc3)nc(-c3ccccc3)n2)ccc1-c1ccc(C(F)(F)F)cc1C(F)(F)F. The second-order valence-electron chi connectivity index (χ2n) is 12.9. The van der Waals surface area contributed by atoms with Crippen LogP contribution in [-0.2, 0) is 12.4 Å². The van der Waals surface area contributed by atoms with Gasteiger partial charge in [-0.1, -0.05) is 102 Å². The molecule has 0 fully saturated rings. The lowest BCUT2D eigenvalue weighted by Crippen LogP contribution is -2.12. The normalized spacial score (nSPS) is 12.2. The molecule has 0 unspecified atom stereocenters. The van der Waals surface area contributed by atoms with E-state index >= 15 is 0 Å². The maximum atomic E-state index is 14.7. The van der Waals surface area contributed by atoms with Crippen LogP contribution in [0.1, 0.15) is 22.3 Å². The number of aromatic nitrogens is 4. The van der Waals surface area contributed by atoms with Gasteiger partial charge in [0.25, 0.3) is 0 Å². The molecular formula is C43H28F6N4. The first-order valence-corrected chi connectivity index (χ1v) is 16.7. The Labute approximate surface area is 300 Å². The number of fused-ring (bicyclic) bond motifs is 3. The first-order chi connectivity index (χ1) is 25.3. The van der Waals surface area contributed by atoms with Gasteiger partial charge in [0.15, 0.2) is 17.5 Å². The number of aryl methyl sites for hydroxylation is 2. The summed E-state index contributed by atoms with van der Waals surface area (Å²) in [6, 6.07) is 36.9. The van der Waals surface area contributed by atoms with Crippen LogP contribution in [0.15, 0.2) is 133 Å². The van der Waals surface area contributed by atoms with Gasteiger partial charge in [0, 0.05) is 33.0 Å². The van der Waals surface area contributed by atoms with Gasteiger partial charge in [-0.3, -0.25) is 0 Å². The molecule has 2 heterocycles. The van der Waals surface area contributed by atoms with Crippen LogP contribution in [0.4, 0.5) is 26.3 Å². The van der Waals surface area contributed by atoms with Gasteiger partial charge in [-0.25, -0.2) is 15.0 Å². The van der Waals surface area contributed by atoms with Crippen molar-refractivity contribution in [2.75, 3.05) is 0 Å². The number of benzene rings is 6. The highest BCUT2D eigenvalue weighted by atomic mass is 19.4. The molecule has 4 nitrogen and oxygen atoms in total. The smallest absolute Gasteiger partial charge is 0.309 e. The molecule has 0 spiro atoms. The van der Waals surface area contributed by atoms with E-state index < -0.39 is 29.0 Å². The van der Waals surface area contributed by atoms with E-state index in [1.807, 2.05) is 115 Å². The minimum absolute atomic E-state index is 0.0790. The maximum absolute atomic E-state index is 14.7. The topological polar surface area (TPSA) is 43.6 Å². The Balaban J connectivity index is 1.46. The average molecular weight is 715 g/mol. The van der Waals surface area contributed by atoms with Gasteiger partial charge >= 0.3 is 12.4 Å². The number of halogens is 6. The summed E-state index contributed by atoms with van der Waals surface area (Å²) in [4.78, 5) is 14.4. The Bertz CT molecular complexity index is 2550. The molecule has 53 heavy (non-hydrogen) atoms. The van der Waals surface area contributed by atoms with Crippen molar-refractivity contribution in [2.24, 2.45) is 0 Å². The van der Waals surface area contributed by atoms with E-state index in [1.54, 1.807) is 12.1 Å². The summed E-state index contributed by atoms with van der Waals surface area (Å²) in [6.07, 6.45) is -10.1. The quantitative estimate of drug-likeness (QED) is 0.167. The molecule has 0 aliphatic carbocycles. The van der Waals surface area contributed by atoms with Crippen molar-refractivity contribution in [3.8, 4) is 51.0 Å². The highest BCUT2D eigenvalue weighted by Crippen LogP contribution is 2.45. The average Bonchev–Trinajstić information content (AvgIpc) is 3.46. The van der Waals surface area contributed by atoms with Gasteiger partial charge in [-0.05, 0) is 61.9 Å². The number of alkyl halides is 6. The van der Waals surface area contributed by atoms with E-state index in [-0.39, 0.29) is 17.5 Å². The Morgan fingerprint density at radius 2 is 0.943 bits per heavy atom. The van der Waals surface area contributed by atoms with Crippen LogP contribution >= 0.6 is 0 Å². The lowest BCUT2D eigenvalue weighted by Gasteiger charge is -2.20. The van der Waals surface area contributed by atoms with Crippen molar-refractivity contribution >= 4 is 21.8 Å². The minimum atomic E-state index is -5.09. The van der Waals surface area contributed by atoms with E-state index in [0.29, 0.717) is 40.0 Å². The maximum Gasteiger partial charge on any atom is 0.417 e. The summed E-state index contributed by atoms with van der Waals surface area (Å²) in [6.45, 7) is 3.91. The van der Waals surface area contributed by atoms with E-state index in [2.05, 4.69) is 0 Å². The van der Waals surface area contributed by atoms with Crippen molar-refractivity contribution in [1.29, 1.82) is 0 Å². The standard InChI is InChI=1S/C43H28F6N4/c1-25-13-19-36-33(21-25)34-22-26(2)14-20-37(34)53(36)38-23-29(15-17-32(38)31-18-16-30(42(44,45)46)24-35(31)43(47,48)49)41-51-39(27-9-5-3-6-10-27)50-40(52-41)28-11-7-4-8-12-28/h3-24H,1-2H3. The van der Waals surface area contributed by atoms with Crippen molar-refractivity contribution in [1.82, 2.24) is 19.5 Å². The van der Waals surface area contributed by atoms with Gasteiger partial charge in [0.05, 0.1) is 27.8 Å². The van der Waals surface area contributed by atoms with Crippen LogP contribution < -0.4 is 0 Å². The van der Waals surface area contributed by atoms with Crippen molar-refractivity contribution in [3.63, 3.8) is 0 Å². The Kier molecular flexibility index (Phi) is 8.13. The molecular weight excluding hydrogens is 686 g/mol. The van der Waals surface area contributed by atoms with E-state index in [0.717, 1.165) is 39.1 Å². The molecule has 262 valence electrons. The molecule has 6 aromatic carbocycles. The molecule has 0 bridgehead atoms. The summed E-state index contributed by atoms with van der Waals surface area (Å²) >= 11 is 0. The lowest BCUT2D eigenvalue weighted by atomic mass is 9.94. The zero-order valence-electron chi connectivity index (χ0n) is 28.3. The Hall–Kier alpha value is -6.29. The lowest BCUT2D eigenvalue weighted by molar-refractivity contribution is -0.142. The monoisotopic (exact) mass is 714 g/mol. The van der Waals surface area contributed by atoms with E-state index in [4.69, 9.17) is 15.0 Å². The van der Waals surface area contributed by atoms with Gasteiger partial charge < -0.3 is 4.57 Å². The van der Waals surface area contributed by atoms with Crippen molar-refractivity contribution < 1.29 is 26.3 Å². The summed E-state index contributed by atoms with van der Waals surface area (Å²) in [7, 11) is 0. The highest BCUT2D eigenvalue weighted by molar-refractivity contribution is 6.10. The minimum Gasteiger partial charge on any atom is -0.309 e. The second-order valence-corrected chi connectivity index (χ2v) is 12.9. The van der Waals surface area contributed by atoms with Crippen LogP contribution in [0, 0.1) is 13.8 Å². The molecule has 0 saturated heterocycles. The molecule has 0 aliphatic heterocycles. The van der Waals surface area contributed by atoms with Crippen LogP contribution in [0.3, 0.4) is 0 Å². The number of hydrogen-bond acceptors (Lipinski definition) is 3. The van der Waals surface area contributed by atoms with Gasteiger partial charge in [-0.2, -0.15) is 26.3 Å². The summed E-state index contributed by atoms with van der Waals surface area (Å²) in [5.41, 5.74) is 2.54. The zero-order chi connectivity index (χ0) is 37.1. The molecule has 8 rings (SSSR count). The molecule has 2 aromatic heterocycles. The van der Waals surface area contributed by atoms with Crippen LogP contribution in [0.2, 0.25) is 0 Å². The predicted octanol–water partition coefficient (Wildman–Crippen LogP) is 12.3. The molecule has 0 saturated carbocycles. The van der Waals surface area contributed by atoms with Crippen LogP contribution in [0.5, 0.6) is 0 Å². The molecule has 0 radical (unpaired) electrons. The van der Waals surface area contributed by atoms with Gasteiger partial charge in [-0.15, -0.1) is 0 Å². The predicted molar refractivity (Wildman–Crippen MR) is 195 cm³/mol. The summed E-state index contributed by atoms with van der Waals surface area (Å²) < 4.78 is 87.3. The number of hydrogen-bond donors (Lipinski definition) is 0. The fourth-order valence-corrected chi connectivity index (χ4v) is 6.72. The van der Waals surface area contributed by atoms with Crippen LogP contribution in [-0.4, -0.2) is 19.5 Å². The first-order valence-electron chi connectivity index (χ1n) is 16.7. The highest BCUT2D eigenvalue weighted by Gasteiger charge is 2.39. The third-order valence-corrected chi connectivity index (χ3v) is 9.21. The number of nitrogens with zero attached hydrogens (tertiary/aromatic N) is 4. The molecule has 0 atom stereocenters. The molecule has 8 aromatic rings.